The number of likely N-dealkylation sites (tertiary alicyclic amines) is 1. The maximum Gasteiger partial charge on any atom is 0.0628 e. The number of nitrogens with zero attached hydrogens (tertiary/aromatic N) is 1. The van der Waals surface area contributed by atoms with Crippen LogP contribution in [0.1, 0.15) is 40.5 Å². The van der Waals surface area contributed by atoms with Gasteiger partial charge in [-0.1, -0.05) is 27.7 Å². The maximum atomic E-state index is 5.32. The van der Waals surface area contributed by atoms with Crippen LogP contribution in [0.25, 0.3) is 0 Å². The molecule has 0 aromatic carbocycles. The molecular formula is C15H32N2O. The molecule has 1 rings (SSSR count). The second kappa shape index (κ2) is 7.46. The molecule has 0 radical (unpaired) electrons. The molecule has 0 bridgehead atoms. The van der Waals surface area contributed by atoms with Gasteiger partial charge >= 0.3 is 0 Å². The molecule has 0 aromatic rings. The zero-order valence-corrected chi connectivity index (χ0v) is 13.0. The molecule has 1 saturated heterocycles. The van der Waals surface area contributed by atoms with Crippen molar-refractivity contribution in [1.29, 1.82) is 0 Å². The van der Waals surface area contributed by atoms with Gasteiger partial charge in [0.2, 0.25) is 0 Å². The van der Waals surface area contributed by atoms with Gasteiger partial charge < -0.3 is 15.0 Å². The fraction of sp³-hybridized carbons (Fsp3) is 1.00. The van der Waals surface area contributed by atoms with Gasteiger partial charge in [0.1, 0.15) is 0 Å². The highest BCUT2D eigenvalue weighted by Gasteiger charge is 2.32. The zero-order valence-electron chi connectivity index (χ0n) is 13.0. The molecule has 2 atom stereocenters. The Labute approximate surface area is 113 Å². The van der Waals surface area contributed by atoms with Crippen molar-refractivity contribution >= 4 is 0 Å². The molecular weight excluding hydrogens is 224 g/mol. The molecule has 0 aliphatic carbocycles. The predicted molar refractivity (Wildman–Crippen MR) is 78.0 cm³/mol. The lowest BCUT2D eigenvalue weighted by molar-refractivity contribution is 0.140. The van der Waals surface area contributed by atoms with Crippen LogP contribution in [0.2, 0.25) is 0 Å². The molecule has 1 N–H and O–H groups in total. The van der Waals surface area contributed by atoms with Gasteiger partial charge in [-0.05, 0) is 37.3 Å². The molecule has 1 aliphatic rings. The van der Waals surface area contributed by atoms with E-state index in [2.05, 4.69) is 37.9 Å². The highest BCUT2D eigenvalue weighted by atomic mass is 16.5. The average Bonchev–Trinajstić information content (AvgIpc) is 2.74. The van der Waals surface area contributed by atoms with E-state index in [9.17, 15) is 0 Å². The summed E-state index contributed by atoms with van der Waals surface area (Å²) < 4.78 is 5.32. The summed E-state index contributed by atoms with van der Waals surface area (Å²) in [6.07, 6.45) is 2.53. The molecule has 108 valence electrons. The molecule has 0 saturated carbocycles. The molecule has 1 heterocycles. The highest BCUT2D eigenvalue weighted by Crippen LogP contribution is 2.33. The summed E-state index contributed by atoms with van der Waals surface area (Å²) in [5.41, 5.74) is 0.447. The van der Waals surface area contributed by atoms with Gasteiger partial charge in [-0.15, -0.1) is 0 Å². The van der Waals surface area contributed by atoms with Crippen molar-refractivity contribution in [2.75, 3.05) is 39.9 Å². The zero-order chi connectivity index (χ0) is 13.6. The average molecular weight is 256 g/mol. The van der Waals surface area contributed by atoms with Gasteiger partial charge in [-0.2, -0.15) is 0 Å². The van der Waals surface area contributed by atoms with Crippen LogP contribution in [0.3, 0.4) is 0 Å². The van der Waals surface area contributed by atoms with Gasteiger partial charge in [0.25, 0.3) is 0 Å². The fourth-order valence-corrected chi connectivity index (χ4v) is 2.74. The summed E-state index contributed by atoms with van der Waals surface area (Å²) in [5.74, 6) is 0.840. The lowest BCUT2D eigenvalue weighted by Crippen LogP contribution is -2.43. The van der Waals surface area contributed by atoms with Gasteiger partial charge in [-0.25, -0.2) is 0 Å². The van der Waals surface area contributed by atoms with Crippen LogP contribution in [0, 0.1) is 11.3 Å². The summed E-state index contributed by atoms with van der Waals surface area (Å²) >= 11 is 0. The number of methoxy groups -OCH3 is 1. The minimum Gasteiger partial charge on any atom is -0.383 e. The first-order valence-corrected chi connectivity index (χ1v) is 7.42. The summed E-state index contributed by atoms with van der Waals surface area (Å²) in [4.78, 5) is 2.60. The van der Waals surface area contributed by atoms with Crippen LogP contribution in [0.15, 0.2) is 0 Å². The van der Waals surface area contributed by atoms with Crippen molar-refractivity contribution in [2.24, 2.45) is 11.3 Å². The Morgan fingerprint density at radius 3 is 2.61 bits per heavy atom. The van der Waals surface area contributed by atoms with E-state index in [1.165, 1.54) is 25.9 Å². The Kier molecular flexibility index (Phi) is 6.61. The topological polar surface area (TPSA) is 24.5 Å². The number of hydrogen-bond acceptors (Lipinski definition) is 3. The minimum atomic E-state index is 0.447. The number of rotatable bonds is 7. The second-order valence-corrected chi connectivity index (χ2v) is 6.72. The molecule has 18 heavy (non-hydrogen) atoms. The van der Waals surface area contributed by atoms with Crippen molar-refractivity contribution in [1.82, 2.24) is 10.2 Å². The molecule has 1 aliphatic heterocycles. The predicted octanol–water partition coefficient (Wildman–Crippen LogP) is 2.37. The second-order valence-electron chi connectivity index (χ2n) is 6.72. The van der Waals surface area contributed by atoms with Crippen molar-refractivity contribution < 1.29 is 4.74 Å². The van der Waals surface area contributed by atoms with E-state index in [0.29, 0.717) is 11.5 Å². The van der Waals surface area contributed by atoms with E-state index in [0.717, 1.165) is 25.6 Å². The van der Waals surface area contributed by atoms with E-state index in [-0.39, 0.29) is 0 Å². The Morgan fingerprint density at radius 2 is 2.11 bits per heavy atom. The van der Waals surface area contributed by atoms with Crippen LogP contribution in [-0.2, 0) is 4.74 Å². The molecule has 1 fully saturated rings. The number of nitrogens with one attached hydrogen (secondary N) is 1. The lowest BCUT2D eigenvalue weighted by Gasteiger charge is -2.28. The Bertz CT molecular complexity index is 225. The van der Waals surface area contributed by atoms with Gasteiger partial charge in [0.05, 0.1) is 6.61 Å². The third-order valence-corrected chi connectivity index (χ3v) is 4.03. The fourth-order valence-electron chi connectivity index (χ4n) is 2.74. The monoisotopic (exact) mass is 256 g/mol. The maximum absolute atomic E-state index is 5.32. The van der Waals surface area contributed by atoms with Crippen LogP contribution in [-0.4, -0.2) is 50.8 Å². The van der Waals surface area contributed by atoms with Crippen LogP contribution in [0.5, 0.6) is 0 Å². The molecule has 0 aromatic heterocycles. The Hall–Kier alpha value is -0.120. The lowest BCUT2D eigenvalue weighted by atomic mass is 9.80. The van der Waals surface area contributed by atoms with Gasteiger partial charge in [-0.3, -0.25) is 0 Å². The SMILES string of the molecule is CCCNC(COC)CN1CCC(C(C)(C)C)C1. The number of ether oxygens (including phenoxy) is 1. The van der Waals surface area contributed by atoms with E-state index in [1.54, 1.807) is 7.11 Å². The summed E-state index contributed by atoms with van der Waals surface area (Å²) in [7, 11) is 1.79. The van der Waals surface area contributed by atoms with Crippen LogP contribution >= 0.6 is 0 Å². The minimum absolute atomic E-state index is 0.447. The Morgan fingerprint density at radius 1 is 1.39 bits per heavy atom. The van der Waals surface area contributed by atoms with Crippen molar-refractivity contribution in [3.8, 4) is 0 Å². The molecule has 2 unspecified atom stereocenters. The Balaban J connectivity index is 2.36. The first-order chi connectivity index (χ1) is 8.47. The standard InChI is InChI=1S/C15H32N2O/c1-6-8-16-14(12-18-5)11-17-9-7-13(10-17)15(2,3)4/h13-14,16H,6-12H2,1-5H3. The molecule has 3 nitrogen and oxygen atoms in total. The molecule has 0 amide bonds. The molecule has 3 heteroatoms. The van der Waals surface area contributed by atoms with Gasteiger partial charge in [0.15, 0.2) is 0 Å². The summed E-state index contributed by atoms with van der Waals surface area (Å²) in [5, 5.41) is 3.58. The third-order valence-electron chi connectivity index (χ3n) is 4.03. The van der Waals surface area contributed by atoms with Gasteiger partial charge in [0, 0.05) is 26.2 Å². The van der Waals surface area contributed by atoms with E-state index in [1.807, 2.05) is 0 Å². The van der Waals surface area contributed by atoms with E-state index >= 15 is 0 Å². The van der Waals surface area contributed by atoms with E-state index < -0.39 is 0 Å². The third kappa shape index (κ3) is 5.25. The quantitative estimate of drug-likeness (QED) is 0.757. The van der Waals surface area contributed by atoms with Crippen molar-refractivity contribution in [2.45, 2.75) is 46.6 Å². The number of hydrogen-bond donors (Lipinski definition) is 1. The smallest absolute Gasteiger partial charge is 0.0628 e. The van der Waals surface area contributed by atoms with Crippen molar-refractivity contribution in [3.63, 3.8) is 0 Å². The van der Waals surface area contributed by atoms with Crippen LogP contribution in [0.4, 0.5) is 0 Å². The van der Waals surface area contributed by atoms with Crippen molar-refractivity contribution in [3.05, 3.63) is 0 Å². The largest absolute Gasteiger partial charge is 0.383 e. The highest BCUT2D eigenvalue weighted by molar-refractivity contribution is 4.85. The normalized spacial score (nSPS) is 23.5. The first-order valence-electron chi connectivity index (χ1n) is 7.42. The molecule has 0 spiro atoms. The summed E-state index contributed by atoms with van der Waals surface area (Å²) in [6, 6.07) is 0.480. The van der Waals surface area contributed by atoms with Crippen LogP contribution < -0.4 is 5.32 Å². The summed E-state index contributed by atoms with van der Waals surface area (Å²) in [6.45, 7) is 14.8. The first kappa shape index (κ1) is 15.9. The van der Waals surface area contributed by atoms with E-state index in [4.69, 9.17) is 4.74 Å².